The Morgan fingerprint density at radius 3 is 2.54 bits per heavy atom. The van der Waals surface area contributed by atoms with Crippen molar-refractivity contribution < 1.29 is 18.4 Å². The second-order valence-corrected chi connectivity index (χ2v) is 5.73. The zero-order chi connectivity index (χ0) is 18.7. The normalized spacial score (nSPS) is 12.0. The molecule has 0 saturated heterocycles. The van der Waals surface area contributed by atoms with Gasteiger partial charge in [0.1, 0.15) is 17.7 Å². The summed E-state index contributed by atoms with van der Waals surface area (Å²) in [4.78, 5) is 24.4. The van der Waals surface area contributed by atoms with Crippen LogP contribution in [0.3, 0.4) is 0 Å². The quantitative estimate of drug-likeness (QED) is 0.654. The fraction of sp³-hybridized carbons (Fsp3) is 0.167. The van der Waals surface area contributed by atoms with E-state index in [2.05, 4.69) is 20.8 Å². The summed E-state index contributed by atoms with van der Waals surface area (Å²) >= 11 is 0. The SMILES string of the molecule is CC(NC(=O)c1n[nH]c2ccccc12)C(=O)NCc1c(F)cccc1F. The minimum absolute atomic E-state index is 0.167. The molecule has 0 fully saturated rings. The molecule has 0 aliphatic rings. The molecule has 2 aromatic carbocycles. The van der Waals surface area contributed by atoms with Crippen molar-refractivity contribution in [1.29, 1.82) is 0 Å². The molecule has 2 amide bonds. The predicted octanol–water partition coefficient (Wildman–Crippen LogP) is 2.28. The van der Waals surface area contributed by atoms with Crippen LogP contribution < -0.4 is 10.6 Å². The number of benzene rings is 2. The Bertz CT molecular complexity index is 950. The lowest BCUT2D eigenvalue weighted by Crippen LogP contribution is -2.44. The van der Waals surface area contributed by atoms with Crippen LogP contribution in [0.1, 0.15) is 23.0 Å². The number of aromatic amines is 1. The van der Waals surface area contributed by atoms with Crippen LogP contribution in [0.15, 0.2) is 42.5 Å². The van der Waals surface area contributed by atoms with E-state index in [-0.39, 0.29) is 17.8 Å². The third-order valence-electron chi connectivity index (χ3n) is 3.93. The first-order valence-electron chi connectivity index (χ1n) is 7.92. The topological polar surface area (TPSA) is 86.9 Å². The number of hydrogen-bond donors (Lipinski definition) is 3. The molecule has 1 atom stereocenters. The van der Waals surface area contributed by atoms with Gasteiger partial charge in [-0.05, 0) is 25.1 Å². The summed E-state index contributed by atoms with van der Waals surface area (Å²) in [5, 5.41) is 12.2. The lowest BCUT2D eigenvalue weighted by Gasteiger charge is -2.14. The maximum atomic E-state index is 13.6. The van der Waals surface area contributed by atoms with Crippen LogP contribution in [0.4, 0.5) is 8.78 Å². The molecule has 6 nitrogen and oxygen atoms in total. The summed E-state index contributed by atoms with van der Waals surface area (Å²) in [6.45, 7) is 1.16. The highest BCUT2D eigenvalue weighted by atomic mass is 19.1. The number of rotatable bonds is 5. The van der Waals surface area contributed by atoms with E-state index in [4.69, 9.17) is 0 Å². The van der Waals surface area contributed by atoms with Crippen molar-refractivity contribution in [3.8, 4) is 0 Å². The van der Waals surface area contributed by atoms with Gasteiger partial charge in [-0.25, -0.2) is 8.78 Å². The van der Waals surface area contributed by atoms with Crippen LogP contribution in [0, 0.1) is 11.6 Å². The van der Waals surface area contributed by atoms with Gasteiger partial charge < -0.3 is 10.6 Å². The molecule has 0 spiro atoms. The van der Waals surface area contributed by atoms with Gasteiger partial charge >= 0.3 is 0 Å². The molecule has 0 aliphatic carbocycles. The zero-order valence-electron chi connectivity index (χ0n) is 13.8. The monoisotopic (exact) mass is 358 g/mol. The molecule has 0 bridgehead atoms. The molecule has 3 rings (SSSR count). The first-order chi connectivity index (χ1) is 12.5. The van der Waals surface area contributed by atoms with E-state index in [0.717, 1.165) is 12.1 Å². The van der Waals surface area contributed by atoms with Crippen molar-refractivity contribution in [2.75, 3.05) is 0 Å². The molecule has 8 heteroatoms. The number of aromatic nitrogens is 2. The van der Waals surface area contributed by atoms with Gasteiger partial charge in [0, 0.05) is 17.5 Å². The number of H-pyrrole nitrogens is 1. The van der Waals surface area contributed by atoms with Crippen LogP contribution in [0.2, 0.25) is 0 Å². The average molecular weight is 358 g/mol. The Morgan fingerprint density at radius 1 is 1.12 bits per heavy atom. The van der Waals surface area contributed by atoms with Gasteiger partial charge in [0.2, 0.25) is 5.91 Å². The lowest BCUT2D eigenvalue weighted by molar-refractivity contribution is -0.122. The number of nitrogens with one attached hydrogen (secondary N) is 3. The van der Waals surface area contributed by atoms with Crippen molar-refractivity contribution in [2.24, 2.45) is 0 Å². The van der Waals surface area contributed by atoms with Crippen molar-refractivity contribution in [2.45, 2.75) is 19.5 Å². The molecule has 1 heterocycles. The first-order valence-corrected chi connectivity index (χ1v) is 7.92. The molecular formula is C18H16F2N4O2. The molecule has 3 N–H and O–H groups in total. The molecule has 3 aromatic rings. The van der Waals surface area contributed by atoms with E-state index in [1.54, 1.807) is 24.3 Å². The number of halogens is 2. The van der Waals surface area contributed by atoms with Crippen molar-refractivity contribution in [3.05, 3.63) is 65.4 Å². The largest absolute Gasteiger partial charge is 0.350 e. The van der Waals surface area contributed by atoms with Crippen molar-refractivity contribution in [3.63, 3.8) is 0 Å². The number of hydrogen-bond acceptors (Lipinski definition) is 3. The molecule has 0 saturated carbocycles. The van der Waals surface area contributed by atoms with E-state index in [0.29, 0.717) is 10.9 Å². The second kappa shape index (κ2) is 7.30. The molecule has 1 aromatic heterocycles. The van der Waals surface area contributed by atoms with E-state index in [9.17, 15) is 18.4 Å². The zero-order valence-corrected chi connectivity index (χ0v) is 13.8. The van der Waals surface area contributed by atoms with Gasteiger partial charge in [0.15, 0.2) is 5.69 Å². The molecule has 1 unspecified atom stereocenters. The highest BCUT2D eigenvalue weighted by Crippen LogP contribution is 2.15. The Balaban J connectivity index is 1.63. The van der Waals surface area contributed by atoms with Crippen LogP contribution in [0.5, 0.6) is 0 Å². The lowest BCUT2D eigenvalue weighted by atomic mass is 10.2. The minimum Gasteiger partial charge on any atom is -0.350 e. The Morgan fingerprint density at radius 2 is 1.81 bits per heavy atom. The van der Waals surface area contributed by atoms with Crippen LogP contribution in [0.25, 0.3) is 10.9 Å². The molecule has 0 radical (unpaired) electrons. The maximum Gasteiger partial charge on any atom is 0.273 e. The number of amides is 2. The molecular weight excluding hydrogens is 342 g/mol. The fourth-order valence-corrected chi connectivity index (χ4v) is 2.50. The van der Waals surface area contributed by atoms with Crippen LogP contribution in [-0.2, 0) is 11.3 Å². The van der Waals surface area contributed by atoms with E-state index in [1.807, 2.05) is 0 Å². The van der Waals surface area contributed by atoms with Gasteiger partial charge in [0.25, 0.3) is 5.91 Å². The van der Waals surface area contributed by atoms with Gasteiger partial charge in [0.05, 0.1) is 5.52 Å². The van der Waals surface area contributed by atoms with Gasteiger partial charge in [-0.2, -0.15) is 5.10 Å². The number of para-hydroxylation sites is 1. The second-order valence-electron chi connectivity index (χ2n) is 5.73. The van der Waals surface area contributed by atoms with Crippen LogP contribution in [-0.4, -0.2) is 28.1 Å². The number of carbonyl (C=O) groups excluding carboxylic acids is 2. The van der Waals surface area contributed by atoms with Gasteiger partial charge in [-0.3, -0.25) is 14.7 Å². The number of fused-ring (bicyclic) bond motifs is 1. The highest BCUT2D eigenvalue weighted by molar-refractivity contribution is 6.05. The summed E-state index contributed by atoms with van der Waals surface area (Å²) in [6.07, 6.45) is 0. The summed E-state index contributed by atoms with van der Waals surface area (Å²) in [6, 6.07) is 9.64. The van der Waals surface area contributed by atoms with E-state index < -0.39 is 29.5 Å². The Hall–Kier alpha value is -3.29. The number of carbonyl (C=O) groups is 2. The summed E-state index contributed by atoms with van der Waals surface area (Å²) in [5.74, 6) is -2.59. The smallest absolute Gasteiger partial charge is 0.273 e. The standard InChI is InChI=1S/C18H16F2N4O2/c1-10(17(25)21-9-12-13(19)6-4-7-14(12)20)22-18(26)16-11-5-2-3-8-15(11)23-24-16/h2-8,10H,9H2,1H3,(H,21,25)(H,22,26)(H,23,24). The fourth-order valence-electron chi connectivity index (χ4n) is 2.50. The Kier molecular flexibility index (Phi) is 4.92. The summed E-state index contributed by atoms with van der Waals surface area (Å²) in [7, 11) is 0. The maximum absolute atomic E-state index is 13.6. The summed E-state index contributed by atoms with van der Waals surface area (Å²) in [5.41, 5.74) is 0.628. The van der Waals surface area contributed by atoms with Gasteiger partial charge in [-0.15, -0.1) is 0 Å². The average Bonchev–Trinajstić information content (AvgIpc) is 3.05. The minimum atomic E-state index is -0.909. The van der Waals surface area contributed by atoms with Gasteiger partial charge in [-0.1, -0.05) is 24.3 Å². The third kappa shape index (κ3) is 3.53. The predicted molar refractivity (Wildman–Crippen MR) is 91.2 cm³/mol. The van der Waals surface area contributed by atoms with E-state index in [1.165, 1.54) is 13.0 Å². The molecule has 0 aliphatic heterocycles. The third-order valence-corrected chi connectivity index (χ3v) is 3.93. The van der Waals surface area contributed by atoms with E-state index >= 15 is 0 Å². The van der Waals surface area contributed by atoms with Crippen LogP contribution >= 0.6 is 0 Å². The van der Waals surface area contributed by atoms with Crippen molar-refractivity contribution >= 4 is 22.7 Å². The first kappa shape index (κ1) is 17.5. The number of nitrogens with zero attached hydrogens (tertiary/aromatic N) is 1. The van der Waals surface area contributed by atoms with Crippen molar-refractivity contribution in [1.82, 2.24) is 20.8 Å². The Labute approximate surface area is 147 Å². The molecule has 134 valence electrons. The summed E-state index contributed by atoms with van der Waals surface area (Å²) < 4.78 is 27.1. The highest BCUT2D eigenvalue weighted by Gasteiger charge is 2.20. The molecule has 26 heavy (non-hydrogen) atoms.